The number of nitrogens with two attached hydrogens (primary N) is 1. The van der Waals surface area contributed by atoms with Crippen LogP contribution >= 0.6 is 31.9 Å². The molecule has 0 bridgehead atoms. The Morgan fingerprint density at radius 2 is 2.07 bits per heavy atom. The monoisotopic (exact) mass is 330 g/mol. The highest BCUT2D eigenvalue weighted by molar-refractivity contribution is 9.11. The van der Waals surface area contributed by atoms with Crippen LogP contribution in [0.5, 0.6) is 0 Å². The van der Waals surface area contributed by atoms with E-state index in [0.717, 1.165) is 20.3 Å². The van der Waals surface area contributed by atoms with Crippen molar-refractivity contribution in [2.45, 2.75) is 6.92 Å². The van der Waals surface area contributed by atoms with Gasteiger partial charge in [-0.05, 0) is 44.3 Å². The Balaban J connectivity index is 2.59. The molecule has 0 aliphatic rings. The van der Waals surface area contributed by atoms with E-state index in [-0.39, 0.29) is 0 Å². The maximum atomic E-state index is 5.74. The van der Waals surface area contributed by atoms with Crippen molar-refractivity contribution in [1.82, 2.24) is 14.8 Å². The molecule has 0 aliphatic carbocycles. The Labute approximate surface area is 104 Å². The van der Waals surface area contributed by atoms with E-state index >= 15 is 0 Å². The number of nitrogens with zero attached hydrogens (tertiary/aromatic N) is 3. The molecule has 0 fully saturated rings. The molecule has 0 saturated heterocycles. The van der Waals surface area contributed by atoms with Gasteiger partial charge in [-0.15, -0.1) is 0 Å². The molecule has 0 aromatic carbocycles. The first-order valence-corrected chi connectivity index (χ1v) is 5.79. The summed E-state index contributed by atoms with van der Waals surface area (Å²) in [6, 6.07) is 0. The molecule has 15 heavy (non-hydrogen) atoms. The third kappa shape index (κ3) is 1.91. The molecule has 2 aromatic rings. The zero-order valence-corrected chi connectivity index (χ0v) is 11.1. The van der Waals surface area contributed by atoms with Crippen molar-refractivity contribution < 1.29 is 0 Å². The fourth-order valence-electron chi connectivity index (χ4n) is 1.16. The summed E-state index contributed by atoms with van der Waals surface area (Å²) in [4.78, 5) is 4.23. The lowest BCUT2D eigenvalue weighted by molar-refractivity contribution is 0.840. The smallest absolute Gasteiger partial charge is 0.168 e. The van der Waals surface area contributed by atoms with Crippen molar-refractivity contribution in [1.29, 1.82) is 0 Å². The van der Waals surface area contributed by atoms with Gasteiger partial charge in [0.1, 0.15) is 0 Å². The molecular formula is C9H8Br2N4. The van der Waals surface area contributed by atoms with Crippen molar-refractivity contribution in [3.8, 4) is 5.82 Å². The van der Waals surface area contributed by atoms with E-state index in [2.05, 4.69) is 41.9 Å². The number of pyridine rings is 1. The molecule has 0 aliphatic heterocycles. The maximum absolute atomic E-state index is 5.74. The number of hydrogen-bond acceptors (Lipinski definition) is 3. The van der Waals surface area contributed by atoms with E-state index in [1.807, 2.05) is 13.1 Å². The van der Waals surface area contributed by atoms with Gasteiger partial charge in [0.05, 0.1) is 27.0 Å². The molecule has 0 unspecified atom stereocenters. The predicted octanol–water partition coefficient (Wildman–Crippen LogP) is 2.68. The average Bonchev–Trinajstić information content (AvgIpc) is 2.61. The first kappa shape index (κ1) is 10.6. The Morgan fingerprint density at radius 3 is 2.67 bits per heavy atom. The van der Waals surface area contributed by atoms with Gasteiger partial charge in [-0.3, -0.25) is 0 Å². The van der Waals surface area contributed by atoms with Gasteiger partial charge in [-0.2, -0.15) is 5.10 Å². The minimum Gasteiger partial charge on any atom is -0.397 e. The lowest BCUT2D eigenvalue weighted by atomic mass is 10.2. The molecule has 0 amide bonds. The third-order valence-electron chi connectivity index (χ3n) is 2.05. The molecule has 0 spiro atoms. The molecule has 2 rings (SSSR count). The molecular weight excluding hydrogens is 324 g/mol. The van der Waals surface area contributed by atoms with Crippen molar-refractivity contribution >= 4 is 37.5 Å². The summed E-state index contributed by atoms with van der Waals surface area (Å²) in [6.07, 6.45) is 5.17. The largest absolute Gasteiger partial charge is 0.397 e. The maximum Gasteiger partial charge on any atom is 0.168 e. The molecule has 2 aromatic heterocycles. The fourth-order valence-corrected chi connectivity index (χ4v) is 1.95. The minimum atomic E-state index is 0.664. The number of nitrogen functional groups attached to an aromatic ring is 1. The van der Waals surface area contributed by atoms with Crippen LogP contribution < -0.4 is 5.73 Å². The van der Waals surface area contributed by atoms with Crippen LogP contribution in [-0.4, -0.2) is 14.8 Å². The van der Waals surface area contributed by atoms with Crippen LogP contribution in [0, 0.1) is 6.92 Å². The molecule has 2 N–H and O–H groups in total. The van der Waals surface area contributed by atoms with Gasteiger partial charge in [-0.25, -0.2) is 9.67 Å². The number of anilines is 1. The van der Waals surface area contributed by atoms with Crippen LogP contribution in [0.25, 0.3) is 5.82 Å². The van der Waals surface area contributed by atoms with E-state index in [1.165, 1.54) is 0 Å². The second kappa shape index (κ2) is 3.94. The fraction of sp³-hybridized carbons (Fsp3) is 0.111. The number of rotatable bonds is 1. The molecule has 0 saturated carbocycles. The lowest BCUT2D eigenvalue weighted by Gasteiger charge is -2.07. The van der Waals surface area contributed by atoms with Crippen molar-refractivity contribution in [2.24, 2.45) is 0 Å². The Hall–Kier alpha value is -0.880. The molecule has 0 radical (unpaired) electrons. The third-order valence-corrected chi connectivity index (χ3v) is 3.41. The van der Waals surface area contributed by atoms with Gasteiger partial charge in [0.2, 0.25) is 0 Å². The van der Waals surface area contributed by atoms with Gasteiger partial charge >= 0.3 is 0 Å². The Kier molecular flexibility index (Phi) is 2.79. The molecule has 0 atom stereocenters. The van der Waals surface area contributed by atoms with Crippen molar-refractivity contribution in [3.63, 3.8) is 0 Å². The molecule has 6 heteroatoms. The van der Waals surface area contributed by atoms with E-state index in [0.29, 0.717) is 5.69 Å². The van der Waals surface area contributed by atoms with E-state index in [1.54, 1.807) is 17.1 Å². The molecule has 78 valence electrons. The van der Waals surface area contributed by atoms with Gasteiger partial charge in [-0.1, -0.05) is 0 Å². The highest BCUT2D eigenvalue weighted by Gasteiger charge is 2.09. The highest BCUT2D eigenvalue weighted by Crippen LogP contribution is 2.26. The van der Waals surface area contributed by atoms with Gasteiger partial charge in [0, 0.05) is 6.20 Å². The Morgan fingerprint density at radius 1 is 1.33 bits per heavy atom. The summed E-state index contributed by atoms with van der Waals surface area (Å²) in [7, 11) is 0. The van der Waals surface area contributed by atoms with E-state index < -0.39 is 0 Å². The second-order valence-corrected chi connectivity index (χ2v) is 4.79. The van der Waals surface area contributed by atoms with Crippen molar-refractivity contribution in [2.75, 3.05) is 5.73 Å². The van der Waals surface area contributed by atoms with Crippen LogP contribution in [0.4, 0.5) is 5.69 Å². The quantitative estimate of drug-likeness (QED) is 0.874. The molecule has 2 heterocycles. The summed E-state index contributed by atoms with van der Waals surface area (Å²) in [5, 5.41) is 4.15. The molecule has 4 nitrogen and oxygen atoms in total. The van der Waals surface area contributed by atoms with Gasteiger partial charge < -0.3 is 5.73 Å². The van der Waals surface area contributed by atoms with Crippen LogP contribution in [0.3, 0.4) is 0 Å². The average molecular weight is 332 g/mol. The lowest BCUT2D eigenvalue weighted by Crippen LogP contribution is -2.02. The topological polar surface area (TPSA) is 56.7 Å². The standard InChI is InChI=1S/C9H8Br2N4/c1-5-7(12)3-13-9(8(5)11)15-4-6(10)2-14-15/h2-4H,12H2,1H3. The van der Waals surface area contributed by atoms with Crippen LogP contribution in [0.15, 0.2) is 27.5 Å². The summed E-state index contributed by atoms with van der Waals surface area (Å²) in [6.45, 7) is 1.93. The normalized spacial score (nSPS) is 10.6. The Bertz CT molecular complexity index is 507. The highest BCUT2D eigenvalue weighted by atomic mass is 79.9. The summed E-state index contributed by atoms with van der Waals surface area (Å²) < 4.78 is 3.45. The summed E-state index contributed by atoms with van der Waals surface area (Å²) >= 11 is 6.79. The van der Waals surface area contributed by atoms with E-state index in [4.69, 9.17) is 5.73 Å². The number of halogens is 2. The zero-order valence-electron chi connectivity index (χ0n) is 7.91. The van der Waals surface area contributed by atoms with Crippen LogP contribution in [-0.2, 0) is 0 Å². The SMILES string of the molecule is Cc1c(N)cnc(-n2cc(Br)cn2)c1Br. The van der Waals surface area contributed by atoms with Crippen molar-refractivity contribution in [3.05, 3.63) is 33.1 Å². The van der Waals surface area contributed by atoms with Gasteiger partial charge in [0.25, 0.3) is 0 Å². The number of aromatic nitrogens is 3. The summed E-state index contributed by atoms with van der Waals surface area (Å²) in [5.74, 6) is 0.729. The van der Waals surface area contributed by atoms with Gasteiger partial charge in [0.15, 0.2) is 5.82 Å². The predicted molar refractivity (Wildman–Crippen MR) is 65.9 cm³/mol. The zero-order chi connectivity index (χ0) is 11.0. The van der Waals surface area contributed by atoms with E-state index in [9.17, 15) is 0 Å². The first-order chi connectivity index (χ1) is 7.09. The first-order valence-electron chi connectivity index (χ1n) is 4.20. The van der Waals surface area contributed by atoms with Crippen LogP contribution in [0.1, 0.15) is 5.56 Å². The summed E-state index contributed by atoms with van der Waals surface area (Å²) in [5.41, 5.74) is 7.37. The van der Waals surface area contributed by atoms with Crippen LogP contribution in [0.2, 0.25) is 0 Å². The minimum absolute atomic E-state index is 0.664. The second-order valence-electron chi connectivity index (χ2n) is 3.08. The number of hydrogen-bond donors (Lipinski definition) is 1.